The SMILES string of the molecule is COC(=O)c1c2c(nn1CCCNC(c1ccccc1)(c1ccccc1)c1ccccc1)-c1nc(-c3ccccc3)ncc1CC2. The third-order valence-electron chi connectivity index (χ3n) is 8.75. The number of aryl methyl sites for hydroxylation is 2. The number of ether oxygens (including phenoxy) is 1. The molecule has 0 aliphatic heterocycles. The first-order chi connectivity index (χ1) is 22.7. The van der Waals surface area contributed by atoms with Crippen LogP contribution >= 0.6 is 0 Å². The summed E-state index contributed by atoms with van der Waals surface area (Å²) in [5, 5.41) is 8.94. The predicted molar refractivity (Wildman–Crippen MR) is 179 cm³/mol. The lowest BCUT2D eigenvalue weighted by molar-refractivity contribution is 0.0585. The molecule has 2 aromatic heterocycles. The highest BCUT2D eigenvalue weighted by atomic mass is 16.5. The number of carbonyl (C=O) groups excluding carboxylic acids is 1. The van der Waals surface area contributed by atoms with Crippen molar-refractivity contribution in [3.63, 3.8) is 0 Å². The van der Waals surface area contributed by atoms with Gasteiger partial charge in [-0.15, -0.1) is 0 Å². The predicted octanol–water partition coefficient (Wildman–Crippen LogP) is 6.86. The fraction of sp³-hybridized carbons (Fsp3) is 0.179. The molecule has 228 valence electrons. The number of hydrogen-bond acceptors (Lipinski definition) is 6. The third-order valence-corrected chi connectivity index (χ3v) is 8.75. The average Bonchev–Trinajstić information content (AvgIpc) is 3.51. The summed E-state index contributed by atoms with van der Waals surface area (Å²) >= 11 is 0. The van der Waals surface area contributed by atoms with Crippen LogP contribution in [0.25, 0.3) is 22.8 Å². The van der Waals surface area contributed by atoms with Crippen molar-refractivity contribution in [3.05, 3.63) is 161 Å². The van der Waals surface area contributed by atoms with E-state index in [2.05, 4.69) is 83.1 Å². The number of aromatic nitrogens is 4. The standard InChI is InChI=1S/C39H35N5O2/c1-46-38(45)36-33-24-23-29-27-40-37(28-15-6-2-7-16-28)42-34(29)35(33)43-44(36)26-14-25-41-39(30-17-8-3-9-18-30,31-19-10-4-11-20-31)32-21-12-5-13-22-32/h2-13,15-22,27,41H,14,23-26H2,1H3. The number of nitrogens with one attached hydrogen (secondary N) is 1. The molecule has 6 aromatic rings. The largest absolute Gasteiger partial charge is 0.464 e. The second kappa shape index (κ2) is 12.9. The van der Waals surface area contributed by atoms with Gasteiger partial charge in [-0.25, -0.2) is 14.8 Å². The van der Waals surface area contributed by atoms with Crippen LogP contribution in [0.3, 0.4) is 0 Å². The van der Waals surface area contributed by atoms with E-state index in [0.717, 1.165) is 57.6 Å². The molecule has 0 fully saturated rings. The van der Waals surface area contributed by atoms with Crippen LogP contribution < -0.4 is 5.32 Å². The van der Waals surface area contributed by atoms with E-state index in [0.29, 0.717) is 31.0 Å². The summed E-state index contributed by atoms with van der Waals surface area (Å²) in [7, 11) is 1.42. The number of rotatable bonds is 10. The van der Waals surface area contributed by atoms with Crippen molar-refractivity contribution < 1.29 is 9.53 Å². The molecule has 0 bridgehead atoms. The molecule has 7 heteroatoms. The van der Waals surface area contributed by atoms with Crippen LogP contribution in [0.1, 0.15) is 44.7 Å². The minimum absolute atomic E-state index is 0.380. The monoisotopic (exact) mass is 605 g/mol. The first-order valence-corrected chi connectivity index (χ1v) is 15.7. The maximum atomic E-state index is 13.2. The van der Waals surface area contributed by atoms with Gasteiger partial charge in [0, 0.05) is 23.9 Å². The first kappa shape index (κ1) is 29.3. The number of carbonyl (C=O) groups is 1. The summed E-state index contributed by atoms with van der Waals surface area (Å²) in [6.45, 7) is 1.20. The lowest BCUT2D eigenvalue weighted by atomic mass is 9.77. The molecule has 0 atom stereocenters. The molecule has 1 N–H and O–H groups in total. The molecule has 0 radical (unpaired) electrons. The van der Waals surface area contributed by atoms with Crippen LogP contribution in [0, 0.1) is 0 Å². The van der Waals surface area contributed by atoms with Crippen LogP contribution in [-0.2, 0) is 29.7 Å². The summed E-state index contributed by atoms with van der Waals surface area (Å²) in [6, 6.07) is 41.6. The van der Waals surface area contributed by atoms with Gasteiger partial charge in [-0.1, -0.05) is 121 Å². The molecule has 0 unspecified atom stereocenters. The summed E-state index contributed by atoms with van der Waals surface area (Å²) in [6.07, 6.45) is 4.04. The van der Waals surface area contributed by atoms with Crippen molar-refractivity contribution in [1.29, 1.82) is 0 Å². The Hall–Kier alpha value is -5.40. The van der Waals surface area contributed by atoms with Crippen molar-refractivity contribution in [3.8, 4) is 22.8 Å². The second-order valence-electron chi connectivity index (χ2n) is 11.5. The topological polar surface area (TPSA) is 81.9 Å². The summed E-state index contributed by atoms with van der Waals surface area (Å²) in [5.41, 5.74) is 7.79. The molecule has 46 heavy (non-hydrogen) atoms. The number of benzene rings is 4. The molecule has 0 spiro atoms. The Balaban J connectivity index is 1.21. The normalized spacial score (nSPS) is 12.3. The second-order valence-corrected chi connectivity index (χ2v) is 11.5. The van der Waals surface area contributed by atoms with Crippen molar-refractivity contribution in [2.75, 3.05) is 13.7 Å². The Kier molecular flexibility index (Phi) is 8.23. The van der Waals surface area contributed by atoms with Gasteiger partial charge in [0.05, 0.1) is 18.3 Å². The van der Waals surface area contributed by atoms with Gasteiger partial charge in [0.1, 0.15) is 11.4 Å². The molecule has 0 saturated heterocycles. The van der Waals surface area contributed by atoms with Gasteiger partial charge in [-0.2, -0.15) is 5.10 Å². The molecule has 7 rings (SSSR count). The van der Waals surface area contributed by atoms with E-state index in [1.807, 2.05) is 59.4 Å². The van der Waals surface area contributed by atoms with Crippen molar-refractivity contribution in [2.24, 2.45) is 0 Å². The number of nitrogens with zero attached hydrogens (tertiary/aromatic N) is 4. The molecule has 2 heterocycles. The first-order valence-electron chi connectivity index (χ1n) is 15.7. The van der Waals surface area contributed by atoms with E-state index in [1.165, 1.54) is 7.11 Å². The van der Waals surface area contributed by atoms with Gasteiger partial charge in [0.2, 0.25) is 0 Å². The Bertz CT molecular complexity index is 1840. The Labute approximate surface area is 269 Å². The minimum Gasteiger partial charge on any atom is -0.464 e. The zero-order chi connectivity index (χ0) is 31.3. The van der Waals surface area contributed by atoms with Crippen LogP contribution in [0.4, 0.5) is 0 Å². The fourth-order valence-electron chi connectivity index (χ4n) is 6.57. The summed E-state index contributed by atoms with van der Waals surface area (Å²) < 4.78 is 7.08. The van der Waals surface area contributed by atoms with Crippen molar-refractivity contribution >= 4 is 5.97 Å². The Morgan fingerprint density at radius 1 is 0.783 bits per heavy atom. The van der Waals surface area contributed by atoms with E-state index in [9.17, 15) is 4.79 Å². The zero-order valence-corrected chi connectivity index (χ0v) is 25.8. The molecule has 4 aromatic carbocycles. The highest BCUT2D eigenvalue weighted by molar-refractivity contribution is 5.92. The number of hydrogen-bond donors (Lipinski definition) is 1. The van der Waals surface area contributed by atoms with Crippen molar-refractivity contribution in [2.45, 2.75) is 31.3 Å². The quantitative estimate of drug-likeness (QED) is 0.104. The van der Waals surface area contributed by atoms with Gasteiger partial charge in [-0.05, 0) is 48.1 Å². The van der Waals surface area contributed by atoms with Crippen molar-refractivity contribution in [1.82, 2.24) is 25.1 Å². The molecule has 1 aliphatic rings. The summed E-state index contributed by atoms with van der Waals surface area (Å²) in [5.74, 6) is 0.263. The van der Waals surface area contributed by atoms with E-state index < -0.39 is 5.54 Å². The molecule has 1 aliphatic carbocycles. The molecular weight excluding hydrogens is 570 g/mol. The molecule has 7 nitrogen and oxygen atoms in total. The Morgan fingerprint density at radius 2 is 1.35 bits per heavy atom. The fourth-order valence-corrected chi connectivity index (χ4v) is 6.57. The maximum Gasteiger partial charge on any atom is 0.356 e. The lowest BCUT2D eigenvalue weighted by Gasteiger charge is -2.37. The van der Waals surface area contributed by atoms with Crippen LogP contribution in [0.2, 0.25) is 0 Å². The lowest BCUT2D eigenvalue weighted by Crippen LogP contribution is -2.45. The molecule has 0 amide bonds. The Morgan fingerprint density at radius 3 is 1.91 bits per heavy atom. The third kappa shape index (κ3) is 5.39. The van der Waals surface area contributed by atoms with Crippen LogP contribution in [-0.4, -0.2) is 39.4 Å². The van der Waals surface area contributed by atoms with E-state index in [4.69, 9.17) is 14.8 Å². The van der Waals surface area contributed by atoms with Gasteiger partial charge in [-0.3, -0.25) is 10.00 Å². The smallest absolute Gasteiger partial charge is 0.356 e. The molecule has 0 saturated carbocycles. The summed E-state index contributed by atoms with van der Waals surface area (Å²) in [4.78, 5) is 22.8. The van der Waals surface area contributed by atoms with Gasteiger partial charge in [0.25, 0.3) is 0 Å². The van der Waals surface area contributed by atoms with E-state index in [-0.39, 0.29) is 5.97 Å². The average molecular weight is 606 g/mol. The highest BCUT2D eigenvalue weighted by Crippen LogP contribution is 2.37. The zero-order valence-electron chi connectivity index (χ0n) is 25.8. The van der Waals surface area contributed by atoms with Crippen LogP contribution in [0.5, 0.6) is 0 Å². The van der Waals surface area contributed by atoms with Gasteiger partial charge in [0.15, 0.2) is 5.82 Å². The van der Waals surface area contributed by atoms with E-state index >= 15 is 0 Å². The number of fused-ring (bicyclic) bond motifs is 3. The minimum atomic E-state index is -0.567. The molecular formula is C39H35N5O2. The van der Waals surface area contributed by atoms with Gasteiger partial charge >= 0.3 is 5.97 Å². The van der Waals surface area contributed by atoms with E-state index in [1.54, 1.807) is 0 Å². The van der Waals surface area contributed by atoms with Crippen LogP contribution in [0.15, 0.2) is 128 Å². The highest BCUT2D eigenvalue weighted by Gasteiger charge is 2.36. The maximum absolute atomic E-state index is 13.2. The number of esters is 1. The number of methoxy groups -OCH3 is 1. The van der Waals surface area contributed by atoms with Gasteiger partial charge < -0.3 is 4.74 Å².